The first-order chi connectivity index (χ1) is 11.6. The number of guanidine groups is 1. The molecule has 4 nitrogen and oxygen atoms in total. The van der Waals surface area contributed by atoms with Crippen molar-refractivity contribution < 1.29 is 13.5 Å². The van der Waals surface area contributed by atoms with Gasteiger partial charge in [0.15, 0.2) is 17.5 Å². The summed E-state index contributed by atoms with van der Waals surface area (Å²) in [5.41, 5.74) is 1.71. The Labute approximate surface area is 140 Å². The highest BCUT2D eigenvalue weighted by Crippen LogP contribution is 2.18. The highest BCUT2D eigenvalue weighted by Gasteiger charge is 2.05. The predicted octanol–water partition coefficient (Wildman–Crippen LogP) is 3.23. The molecule has 0 spiro atoms. The molecule has 0 bridgehead atoms. The van der Waals surface area contributed by atoms with Crippen molar-refractivity contribution >= 4 is 5.96 Å². The summed E-state index contributed by atoms with van der Waals surface area (Å²) in [6.07, 6.45) is 0. The van der Waals surface area contributed by atoms with Crippen LogP contribution in [0.1, 0.15) is 18.1 Å². The van der Waals surface area contributed by atoms with Gasteiger partial charge in [0.05, 0.1) is 6.61 Å². The lowest BCUT2D eigenvalue weighted by Gasteiger charge is -2.13. The summed E-state index contributed by atoms with van der Waals surface area (Å²) in [7, 11) is 1.65. The van der Waals surface area contributed by atoms with E-state index in [1.54, 1.807) is 31.3 Å². The zero-order chi connectivity index (χ0) is 17.4. The normalized spacial score (nSPS) is 11.2. The second kappa shape index (κ2) is 8.86. The van der Waals surface area contributed by atoms with Crippen molar-refractivity contribution in [1.29, 1.82) is 0 Å². The van der Waals surface area contributed by atoms with E-state index >= 15 is 0 Å². The van der Waals surface area contributed by atoms with Crippen LogP contribution in [0.3, 0.4) is 0 Å². The summed E-state index contributed by atoms with van der Waals surface area (Å²) in [6, 6.07) is 11.1. The Morgan fingerprint density at radius 3 is 2.21 bits per heavy atom. The van der Waals surface area contributed by atoms with E-state index in [0.29, 0.717) is 25.7 Å². The minimum Gasteiger partial charge on any atom is -0.491 e. The van der Waals surface area contributed by atoms with Crippen molar-refractivity contribution in [2.75, 3.05) is 13.7 Å². The summed E-state index contributed by atoms with van der Waals surface area (Å²) in [6.45, 7) is 3.17. The second-order valence-electron chi connectivity index (χ2n) is 5.10. The number of aliphatic imine (C=N–C) groups is 1. The Morgan fingerprint density at radius 1 is 1.00 bits per heavy atom. The molecule has 24 heavy (non-hydrogen) atoms. The van der Waals surface area contributed by atoms with E-state index in [4.69, 9.17) is 4.74 Å². The van der Waals surface area contributed by atoms with Gasteiger partial charge in [-0.25, -0.2) is 8.78 Å². The fourth-order valence-electron chi connectivity index (χ4n) is 2.12. The molecular weight excluding hydrogens is 312 g/mol. The molecule has 0 aliphatic heterocycles. The first-order valence-electron chi connectivity index (χ1n) is 7.72. The second-order valence-corrected chi connectivity index (χ2v) is 5.10. The predicted molar refractivity (Wildman–Crippen MR) is 91.0 cm³/mol. The third-order valence-electron chi connectivity index (χ3n) is 3.35. The van der Waals surface area contributed by atoms with Gasteiger partial charge in [0.2, 0.25) is 0 Å². The van der Waals surface area contributed by atoms with Crippen LogP contribution in [0.4, 0.5) is 8.78 Å². The molecule has 0 saturated heterocycles. The summed E-state index contributed by atoms with van der Waals surface area (Å²) < 4.78 is 31.9. The van der Waals surface area contributed by atoms with Crippen LogP contribution >= 0.6 is 0 Å². The molecule has 0 aliphatic rings. The van der Waals surface area contributed by atoms with Crippen molar-refractivity contribution in [2.24, 2.45) is 4.99 Å². The third-order valence-corrected chi connectivity index (χ3v) is 3.35. The Hall–Kier alpha value is -2.63. The fraction of sp³-hybridized carbons (Fsp3) is 0.278. The van der Waals surface area contributed by atoms with Crippen molar-refractivity contribution in [3.05, 3.63) is 65.2 Å². The van der Waals surface area contributed by atoms with Gasteiger partial charge in [-0.2, -0.15) is 0 Å². The SMILES string of the molecule is CCOc1ccc(CNC(=NC)NCc2ccc(F)cc2)cc1F. The Morgan fingerprint density at radius 2 is 1.62 bits per heavy atom. The minimum atomic E-state index is -0.384. The molecule has 2 aromatic rings. The maximum absolute atomic E-state index is 13.8. The molecular formula is C18H21F2N3O. The molecule has 0 radical (unpaired) electrons. The Kier molecular flexibility index (Phi) is 6.54. The molecule has 0 aromatic heterocycles. The molecule has 0 amide bonds. The molecule has 128 valence electrons. The first kappa shape index (κ1) is 17.7. The largest absolute Gasteiger partial charge is 0.491 e. The van der Waals surface area contributed by atoms with Crippen molar-refractivity contribution in [3.8, 4) is 5.75 Å². The quantitative estimate of drug-likeness (QED) is 0.630. The van der Waals surface area contributed by atoms with Gasteiger partial charge in [-0.3, -0.25) is 4.99 Å². The molecule has 0 aliphatic carbocycles. The summed E-state index contributed by atoms with van der Waals surface area (Å²) >= 11 is 0. The molecule has 0 heterocycles. The van der Waals surface area contributed by atoms with Crippen LogP contribution in [0.2, 0.25) is 0 Å². The van der Waals surface area contributed by atoms with Gasteiger partial charge in [-0.05, 0) is 42.3 Å². The van der Waals surface area contributed by atoms with Crippen LogP contribution in [-0.2, 0) is 13.1 Å². The van der Waals surface area contributed by atoms with E-state index in [2.05, 4.69) is 15.6 Å². The van der Waals surface area contributed by atoms with Gasteiger partial charge < -0.3 is 15.4 Å². The lowest BCUT2D eigenvalue weighted by Crippen LogP contribution is -2.36. The smallest absolute Gasteiger partial charge is 0.191 e. The van der Waals surface area contributed by atoms with Crippen LogP contribution < -0.4 is 15.4 Å². The molecule has 2 rings (SSSR count). The molecule has 0 unspecified atom stereocenters. The Bertz CT molecular complexity index is 687. The van der Waals surface area contributed by atoms with Gasteiger partial charge in [0.25, 0.3) is 0 Å². The van der Waals surface area contributed by atoms with E-state index in [1.165, 1.54) is 18.2 Å². The maximum atomic E-state index is 13.8. The average Bonchev–Trinajstić information content (AvgIpc) is 2.59. The van der Waals surface area contributed by atoms with Crippen LogP contribution in [0, 0.1) is 11.6 Å². The number of rotatable bonds is 6. The van der Waals surface area contributed by atoms with Gasteiger partial charge in [0.1, 0.15) is 5.82 Å². The molecule has 0 atom stereocenters. The monoisotopic (exact) mass is 333 g/mol. The van der Waals surface area contributed by atoms with E-state index in [-0.39, 0.29) is 17.4 Å². The first-order valence-corrected chi connectivity index (χ1v) is 7.72. The van der Waals surface area contributed by atoms with Gasteiger partial charge in [-0.1, -0.05) is 18.2 Å². The number of halogens is 2. The zero-order valence-corrected chi connectivity index (χ0v) is 13.8. The maximum Gasteiger partial charge on any atom is 0.191 e. The van der Waals surface area contributed by atoms with Crippen LogP contribution in [0.25, 0.3) is 0 Å². The minimum absolute atomic E-state index is 0.250. The van der Waals surface area contributed by atoms with Gasteiger partial charge in [0, 0.05) is 20.1 Å². The van der Waals surface area contributed by atoms with Crippen LogP contribution in [-0.4, -0.2) is 19.6 Å². The zero-order valence-electron chi connectivity index (χ0n) is 13.8. The number of ether oxygens (including phenoxy) is 1. The molecule has 2 aromatic carbocycles. The number of nitrogens with zero attached hydrogens (tertiary/aromatic N) is 1. The van der Waals surface area contributed by atoms with Gasteiger partial charge >= 0.3 is 0 Å². The van der Waals surface area contributed by atoms with Crippen molar-refractivity contribution in [1.82, 2.24) is 10.6 Å². The van der Waals surface area contributed by atoms with E-state index < -0.39 is 0 Å². The van der Waals surface area contributed by atoms with Gasteiger partial charge in [-0.15, -0.1) is 0 Å². The molecule has 0 fully saturated rings. The molecule has 0 saturated carbocycles. The highest BCUT2D eigenvalue weighted by molar-refractivity contribution is 5.79. The number of hydrogen-bond acceptors (Lipinski definition) is 2. The van der Waals surface area contributed by atoms with E-state index in [1.807, 2.05) is 6.92 Å². The van der Waals surface area contributed by atoms with Crippen LogP contribution in [0.5, 0.6) is 5.75 Å². The standard InChI is InChI=1S/C18H21F2N3O/c1-3-24-17-9-6-14(10-16(17)20)12-23-18(21-2)22-11-13-4-7-15(19)8-5-13/h4-10H,3,11-12H2,1-2H3,(H2,21,22,23). The molecule has 6 heteroatoms. The fourth-order valence-corrected chi connectivity index (χ4v) is 2.12. The number of benzene rings is 2. The topological polar surface area (TPSA) is 45.6 Å². The van der Waals surface area contributed by atoms with Crippen LogP contribution in [0.15, 0.2) is 47.5 Å². The summed E-state index contributed by atoms with van der Waals surface area (Å²) in [5.74, 6) is 0.179. The lowest BCUT2D eigenvalue weighted by molar-refractivity contribution is 0.321. The van der Waals surface area contributed by atoms with E-state index in [9.17, 15) is 8.78 Å². The lowest BCUT2D eigenvalue weighted by atomic mass is 10.2. The highest BCUT2D eigenvalue weighted by atomic mass is 19.1. The number of hydrogen-bond donors (Lipinski definition) is 2. The van der Waals surface area contributed by atoms with E-state index in [0.717, 1.165) is 11.1 Å². The molecule has 2 N–H and O–H groups in total. The Balaban J connectivity index is 1.87. The van der Waals surface area contributed by atoms with Crippen molar-refractivity contribution in [2.45, 2.75) is 20.0 Å². The summed E-state index contributed by atoms with van der Waals surface area (Å²) in [5, 5.41) is 6.22. The van der Waals surface area contributed by atoms with Crippen molar-refractivity contribution in [3.63, 3.8) is 0 Å². The number of nitrogens with one attached hydrogen (secondary N) is 2. The average molecular weight is 333 g/mol. The third kappa shape index (κ3) is 5.22. The summed E-state index contributed by atoms with van der Waals surface area (Å²) in [4.78, 5) is 4.11.